The van der Waals surface area contributed by atoms with E-state index >= 15 is 0 Å². The summed E-state index contributed by atoms with van der Waals surface area (Å²) in [5, 5.41) is 11.9. The zero-order chi connectivity index (χ0) is 9.24. The Bertz CT molecular complexity index is 153. The zero-order valence-electron chi connectivity index (χ0n) is 7.24. The van der Waals surface area contributed by atoms with Gasteiger partial charge in [0.15, 0.2) is 0 Å². The summed E-state index contributed by atoms with van der Waals surface area (Å²) in [4.78, 5) is 0. The van der Waals surface area contributed by atoms with E-state index in [1.807, 2.05) is 6.92 Å². The SMILES string of the molecule is CCNCC1(CO)CC(F)(F)C1. The number of rotatable bonds is 4. The smallest absolute Gasteiger partial charge is 0.249 e. The Morgan fingerprint density at radius 3 is 2.33 bits per heavy atom. The van der Waals surface area contributed by atoms with Crippen LogP contribution in [0.1, 0.15) is 19.8 Å². The third-order valence-electron chi connectivity index (χ3n) is 2.35. The van der Waals surface area contributed by atoms with Gasteiger partial charge in [0.05, 0.1) is 6.61 Å². The van der Waals surface area contributed by atoms with Gasteiger partial charge >= 0.3 is 0 Å². The van der Waals surface area contributed by atoms with Gasteiger partial charge in [-0.2, -0.15) is 0 Å². The second-order valence-corrected chi connectivity index (χ2v) is 3.65. The van der Waals surface area contributed by atoms with Crippen LogP contribution in [0.2, 0.25) is 0 Å². The maximum atomic E-state index is 12.5. The third-order valence-corrected chi connectivity index (χ3v) is 2.35. The highest BCUT2D eigenvalue weighted by Gasteiger charge is 2.55. The highest BCUT2D eigenvalue weighted by Crippen LogP contribution is 2.51. The van der Waals surface area contributed by atoms with Crippen molar-refractivity contribution >= 4 is 0 Å². The zero-order valence-corrected chi connectivity index (χ0v) is 7.24. The molecule has 12 heavy (non-hydrogen) atoms. The molecule has 1 saturated carbocycles. The van der Waals surface area contributed by atoms with Gasteiger partial charge in [0, 0.05) is 24.8 Å². The molecule has 0 aromatic rings. The molecule has 0 aliphatic heterocycles. The summed E-state index contributed by atoms with van der Waals surface area (Å²) in [6.45, 7) is 3.03. The van der Waals surface area contributed by atoms with Crippen molar-refractivity contribution in [2.24, 2.45) is 5.41 Å². The molecule has 0 amide bonds. The fraction of sp³-hybridized carbons (Fsp3) is 1.00. The van der Waals surface area contributed by atoms with E-state index in [0.29, 0.717) is 6.54 Å². The minimum absolute atomic E-state index is 0.143. The largest absolute Gasteiger partial charge is 0.396 e. The van der Waals surface area contributed by atoms with Crippen LogP contribution in [0, 0.1) is 5.41 Å². The number of aliphatic hydroxyl groups excluding tert-OH is 1. The van der Waals surface area contributed by atoms with Crippen LogP contribution in [0.3, 0.4) is 0 Å². The molecule has 0 aromatic heterocycles. The second-order valence-electron chi connectivity index (χ2n) is 3.65. The minimum Gasteiger partial charge on any atom is -0.396 e. The van der Waals surface area contributed by atoms with Gasteiger partial charge < -0.3 is 10.4 Å². The van der Waals surface area contributed by atoms with Crippen molar-refractivity contribution in [3.63, 3.8) is 0 Å². The van der Waals surface area contributed by atoms with E-state index in [9.17, 15) is 8.78 Å². The van der Waals surface area contributed by atoms with E-state index in [4.69, 9.17) is 5.11 Å². The van der Waals surface area contributed by atoms with E-state index in [2.05, 4.69) is 5.32 Å². The van der Waals surface area contributed by atoms with Crippen LogP contribution in [-0.2, 0) is 0 Å². The Morgan fingerprint density at radius 1 is 1.42 bits per heavy atom. The van der Waals surface area contributed by atoms with Gasteiger partial charge in [-0.1, -0.05) is 6.92 Å². The quantitative estimate of drug-likeness (QED) is 0.675. The van der Waals surface area contributed by atoms with Crippen molar-refractivity contribution in [2.75, 3.05) is 19.7 Å². The molecule has 1 rings (SSSR count). The standard InChI is InChI=1S/C8H15F2NO/c1-2-11-5-7(6-12)3-8(9,10)4-7/h11-12H,2-6H2,1H3. The lowest BCUT2D eigenvalue weighted by atomic mass is 9.66. The molecular weight excluding hydrogens is 164 g/mol. The first kappa shape index (κ1) is 9.86. The highest BCUT2D eigenvalue weighted by atomic mass is 19.3. The van der Waals surface area contributed by atoms with Gasteiger partial charge in [-0.25, -0.2) is 8.78 Å². The summed E-state index contributed by atoms with van der Waals surface area (Å²) in [7, 11) is 0. The Labute approximate surface area is 71.0 Å². The molecule has 0 bridgehead atoms. The summed E-state index contributed by atoms with van der Waals surface area (Å²) < 4.78 is 25.0. The Hall–Kier alpha value is -0.220. The summed E-state index contributed by atoms with van der Waals surface area (Å²) in [5.41, 5.74) is -0.556. The van der Waals surface area contributed by atoms with E-state index in [-0.39, 0.29) is 19.4 Å². The monoisotopic (exact) mass is 179 g/mol. The van der Waals surface area contributed by atoms with Crippen LogP contribution in [-0.4, -0.2) is 30.7 Å². The van der Waals surface area contributed by atoms with Crippen molar-refractivity contribution in [1.29, 1.82) is 0 Å². The molecule has 0 atom stereocenters. The Kier molecular flexibility index (Phi) is 2.68. The van der Waals surface area contributed by atoms with Gasteiger partial charge in [0.1, 0.15) is 0 Å². The molecule has 1 aliphatic rings. The van der Waals surface area contributed by atoms with Crippen LogP contribution in [0.25, 0.3) is 0 Å². The van der Waals surface area contributed by atoms with Crippen molar-refractivity contribution in [3.05, 3.63) is 0 Å². The third kappa shape index (κ3) is 1.93. The van der Waals surface area contributed by atoms with Crippen molar-refractivity contribution in [3.8, 4) is 0 Å². The average molecular weight is 179 g/mol. The molecule has 0 unspecified atom stereocenters. The normalized spacial score (nSPS) is 25.0. The van der Waals surface area contributed by atoms with E-state index in [1.165, 1.54) is 0 Å². The summed E-state index contributed by atoms with van der Waals surface area (Å²) in [6.07, 6.45) is -0.354. The summed E-state index contributed by atoms with van der Waals surface area (Å²) >= 11 is 0. The van der Waals surface area contributed by atoms with Crippen molar-refractivity contribution in [2.45, 2.75) is 25.7 Å². The molecule has 0 saturated heterocycles. The van der Waals surface area contributed by atoms with E-state index < -0.39 is 11.3 Å². The molecule has 0 heterocycles. The lowest BCUT2D eigenvalue weighted by molar-refractivity contribution is -0.173. The number of hydrogen-bond acceptors (Lipinski definition) is 2. The molecule has 1 aliphatic carbocycles. The highest BCUT2D eigenvalue weighted by molar-refractivity contribution is 4.99. The van der Waals surface area contributed by atoms with Crippen LogP contribution in [0.15, 0.2) is 0 Å². The van der Waals surface area contributed by atoms with Gasteiger partial charge in [-0.05, 0) is 6.54 Å². The lowest BCUT2D eigenvalue weighted by Gasteiger charge is -2.46. The number of halogens is 2. The topological polar surface area (TPSA) is 32.3 Å². The Morgan fingerprint density at radius 2 is 2.00 bits per heavy atom. The van der Waals surface area contributed by atoms with Gasteiger partial charge in [0.25, 0.3) is 0 Å². The number of alkyl halides is 2. The molecule has 72 valence electrons. The maximum absolute atomic E-state index is 12.5. The molecule has 0 aromatic carbocycles. The second kappa shape index (κ2) is 3.26. The van der Waals surface area contributed by atoms with E-state index in [1.54, 1.807) is 0 Å². The van der Waals surface area contributed by atoms with Crippen LogP contribution >= 0.6 is 0 Å². The van der Waals surface area contributed by atoms with Crippen molar-refractivity contribution < 1.29 is 13.9 Å². The van der Waals surface area contributed by atoms with Gasteiger partial charge in [-0.15, -0.1) is 0 Å². The van der Waals surface area contributed by atoms with Gasteiger partial charge in [-0.3, -0.25) is 0 Å². The molecule has 1 fully saturated rings. The molecule has 2 nitrogen and oxygen atoms in total. The first-order valence-corrected chi connectivity index (χ1v) is 4.23. The first-order valence-electron chi connectivity index (χ1n) is 4.23. The summed E-state index contributed by atoms with van der Waals surface area (Å²) in [6, 6.07) is 0. The summed E-state index contributed by atoms with van der Waals surface area (Å²) in [5.74, 6) is -2.54. The molecular formula is C8H15F2NO. The predicted molar refractivity (Wildman–Crippen MR) is 42.2 cm³/mol. The van der Waals surface area contributed by atoms with Gasteiger partial charge in [0.2, 0.25) is 5.92 Å². The van der Waals surface area contributed by atoms with Crippen LogP contribution in [0.4, 0.5) is 8.78 Å². The van der Waals surface area contributed by atoms with Crippen LogP contribution in [0.5, 0.6) is 0 Å². The maximum Gasteiger partial charge on any atom is 0.249 e. The molecule has 0 spiro atoms. The number of aliphatic hydroxyl groups is 1. The van der Waals surface area contributed by atoms with Crippen LogP contribution < -0.4 is 5.32 Å². The van der Waals surface area contributed by atoms with E-state index in [0.717, 1.165) is 6.54 Å². The van der Waals surface area contributed by atoms with Crippen molar-refractivity contribution in [1.82, 2.24) is 5.32 Å². The number of hydrogen-bond donors (Lipinski definition) is 2. The molecule has 0 radical (unpaired) electrons. The average Bonchev–Trinajstić information content (AvgIpc) is 1.96. The fourth-order valence-electron chi connectivity index (χ4n) is 1.73. The Balaban J connectivity index is 2.36. The fourth-order valence-corrected chi connectivity index (χ4v) is 1.73. The minimum atomic E-state index is -2.54. The lowest BCUT2D eigenvalue weighted by Crippen LogP contribution is -2.53. The number of nitrogens with one attached hydrogen (secondary N) is 1. The molecule has 4 heteroatoms. The first-order chi connectivity index (χ1) is 5.54. The predicted octanol–water partition coefficient (Wildman–Crippen LogP) is 1.00. The molecule has 2 N–H and O–H groups in total.